The molecule has 0 spiro atoms. The van der Waals surface area contributed by atoms with E-state index in [1.165, 1.54) is 68.6 Å². The first kappa shape index (κ1) is 94.9. The highest BCUT2D eigenvalue weighted by molar-refractivity contribution is 14.1. The minimum Gasteiger partial charge on any atom is -0.447 e. The maximum atomic E-state index is 13.0. The Labute approximate surface area is 626 Å². The molecule has 0 aliphatic heterocycles. The van der Waals surface area contributed by atoms with Crippen LogP contribution in [0.3, 0.4) is 0 Å². The molecule has 0 fully saturated rings. The van der Waals surface area contributed by atoms with Gasteiger partial charge in [-0.3, -0.25) is 43.2 Å². The second-order valence-electron chi connectivity index (χ2n) is 19.9. The fraction of sp³-hybridized carbons (Fsp3) is 0.635. The predicted molar refractivity (Wildman–Crippen MR) is 399 cm³/mol. The molecule has 100 heavy (non-hydrogen) atoms. The summed E-state index contributed by atoms with van der Waals surface area (Å²) in [4.78, 5) is 130. The third-order valence-electron chi connectivity index (χ3n) is 11.1. The Bertz CT molecular complexity index is 2540. The summed E-state index contributed by atoms with van der Waals surface area (Å²) in [6.45, 7) is 17.2. The van der Waals surface area contributed by atoms with Crippen molar-refractivity contribution in [3.05, 3.63) is 47.5 Å². The fourth-order valence-corrected chi connectivity index (χ4v) is 8.63. The van der Waals surface area contributed by atoms with E-state index in [9.17, 15) is 52.7 Å². The number of carbonyl (C=O) groups excluding carboxylic acids is 11. The third kappa shape index (κ3) is 60.5. The number of hydrogen-bond donors (Lipinski definition) is 9. The van der Waals surface area contributed by atoms with Gasteiger partial charge >= 0.3 is 12.2 Å². The van der Waals surface area contributed by atoms with Crippen LogP contribution in [0.1, 0.15) is 55.3 Å². The Balaban J connectivity index is 0.00000183. The van der Waals surface area contributed by atoms with Gasteiger partial charge in [0.1, 0.15) is 33.0 Å². The third-order valence-corrected chi connectivity index (χ3v) is 14.5. The summed E-state index contributed by atoms with van der Waals surface area (Å²) in [6.07, 6.45) is -1.24. The van der Waals surface area contributed by atoms with Gasteiger partial charge in [-0.1, -0.05) is 45.2 Å². The fourth-order valence-electron chi connectivity index (χ4n) is 6.85. The van der Waals surface area contributed by atoms with Crippen molar-refractivity contribution < 1.29 is 114 Å². The molecule has 0 saturated carbocycles. The van der Waals surface area contributed by atoms with E-state index < -0.39 is 24.0 Å². The van der Waals surface area contributed by atoms with Crippen LogP contribution < -0.4 is 42.5 Å². The summed E-state index contributed by atoms with van der Waals surface area (Å²) in [5.74, 6) is 0.0369. The van der Waals surface area contributed by atoms with Gasteiger partial charge in [-0.05, 0) is 71.0 Å². The summed E-state index contributed by atoms with van der Waals surface area (Å²) in [7, 11) is 0. The van der Waals surface area contributed by atoms with E-state index in [1.54, 1.807) is 12.1 Å². The number of thioether (sulfide) groups is 2. The van der Waals surface area contributed by atoms with Crippen molar-refractivity contribution >= 4 is 169 Å². The molecule has 0 radical (unpaired) electrons. The molecule has 2 aromatic carbocycles. The number of rotatable bonds is 58. The SMILES string of the molecule is CC(=O)COCCOCCOCCS.CCOCCOC(=O)NCCNC(=O)c1cc(NC(=O)CI)cc(NC(=O)CI)c1.CCOCCOC(=O)NCCNC(=O)c1cc(NC(=O)CSCCOCCOCCOCC(C)=O)cc(NC(=O)CSCCOCCOCCOCC(C)=O)c1. The van der Waals surface area contributed by atoms with Crippen LogP contribution in [-0.2, 0) is 95.1 Å². The lowest BCUT2D eigenvalue weighted by Crippen LogP contribution is -2.35. The first-order chi connectivity index (χ1) is 48.3. The van der Waals surface area contributed by atoms with Gasteiger partial charge in [-0.15, -0.1) is 23.5 Å². The average Bonchev–Trinajstić information content (AvgIpc) is 0.855. The summed E-state index contributed by atoms with van der Waals surface area (Å²) in [6, 6.07) is 9.14. The quantitative estimate of drug-likeness (QED) is 0.0193. The second-order valence-corrected chi connectivity index (χ2v) is 24.0. The minimum atomic E-state index is -0.640. The van der Waals surface area contributed by atoms with Gasteiger partial charge < -0.3 is 104 Å². The second kappa shape index (κ2) is 67.1. The predicted octanol–water partition coefficient (Wildman–Crippen LogP) is 4.28. The minimum absolute atomic E-state index is 0.0297. The van der Waals surface area contributed by atoms with Crippen molar-refractivity contribution in [2.45, 2.75) is 34.6 Å². The van der Waals surface area contributed by atoms with E-state index in [4.69, 9.17) is 61.6 Å². The smallest absolute Gasteiger partial charge is 0.407 e. The van der Waals surface area contributed by atoms with Gasteiger partial charge in [0, 0.05) is 90.5 Å². The van der Waals surface area contributed by atoms with Crippen LogP contribution in [0.2, 0.25) is 0 Å². The lowest BCUT2D eigenvalue weighted by molar-refractivity contribution is -0.122. The van der Waals surface area contributed by atoms with Crippen LogP contribution in [0.15, 0.2) is 36.4 Å². The molecule has 0 aliphatic rings. The van der Waals surface area contributed by atoms with Gasteiger partial charge in [0.15, 0.2) is 17.3 Å². The summed E-state index contributed by atoms with van der Waals surface area (Å²) < 4.78 is 67.8. The summed E-state index contributed by atoms with van der Waals surface area (Å²) >= 11 is 10.6. The van der Waals surface area contributed by atoms with E-state index in [0.717, 1.165) is 5.75 Å². The van der Waals surface area contributed by atoms with Crippen LogP contribution in [0.25, 0.3) is 0 Å². The van der Waals surface area contributed by atoms with Crippen LogP contribution in [0.5, 0.6) is 0 Å². The van der Waals surface area contributed by atoms with Gasteiger partial charge in [-0.2, -0.15) is 12.6 Å². The van der Waals surface area contributed by atoms with Gasteiger partial charge in [0.25, 0.3) is 11.8 Å². The molecule has 0 bridgehead atoms. The number of carbonyl (C=O) groups is 11. The van der Waals surface area contributed by atoms with Gasteiger partial charge in [0.2, 0.25) is 23.6 Å². The van der Waals surface area contributed by atoms with E-state index in [-0.39, 0.29) is 138 Å². The van der Waals surface area contributed by atoms with Crippen molar-refractivity contribution in [2.75, 3.05) is 244 Å². The number of ether oxygens (including phenoxy) is 13. The summed E-state index contributed by atoms with van der Waals surface area (Å²) in [5.41, 5.74) is 1.84. The molecule has 0 aliphatic carbocycles. The van der Waals surface area contributed by atoms with Crippen molar-refractivity contribution in [3.8, 4) is 0 Å². The number of Topliss-reactive ketones (excluding diaryl/α,β-unsaturated/α-hetero) is 3. The molecular formula is C63H100I2N8O24S3. The van der Waals surface area contributed by atoms with Crippen molar-refractivity contribution in [1.29, 1.82) is 0 Å². The highest BCUT2D eigenvalue weighted by Gasteiger charge is 2.16. The van der Waals surface area contributed by atoms with Crippen molar-refractivity contribution in [2.24, 2.45) is 0 Å². The van der Waals surface area contributed by atoms with Crippen molar-refractivity contribution in [3.63, 3.8) is 0 Å². The normalized spacial score (nSPS) is 10.6. The molecule has 37 heteroatoms. The maximum Gasteiger partial charge on any atom is 0.407 e. The highest BCUT2D eigenvalue weighted by atomic mass is 127. The lowest BCUT2D eigenvalue weighted by atomic mass is 10.1. The molecule has 8 N–H and O–H groups in total. The monoisotopic (exact) mass is 1700 g/mol. The number of alkyl halides is 2. The van der Waals surface area contributed by atoms with Crippen LogP contribution in [0.4, 0.5) is 32.3 Å². The molecular weight excluding hydrogens is 1600 g/mol. The van der Waals surface area contributed by atoms with E-state index >= 15 is 0 Å². The number of alkyl carbamates (subject to hydrolysis) is 2. The zero-order chi connectivity index (χ0) is 74.1. The van der Waals surface area contributed by atoms with Gasteiger partial charge in [-0.25, -0.2) is 9.59 Å². The van der Waals surface area contributed by atoms with Crippen LogP contribution in [0, 0.1) is 0 Å². The average molecular weight is 1700 g/mol. The van der Waals surface area contributed by atoms with Crippen LogP contribution >= 0.6 is 81.3 Å². The topological polar surface area (TPSA) is 404 Å². The van der Waals surface area contributed by atoms with Crippen LogP contribution in [-0.4, -0.2) is 287 Å². The maximum absolute atomic E-state index is 13.0. The molecule has 0 atom stereocenters. The Morgan fingerprint density at radius 2 is 0.640 bits per heavy atom. The first-order valence-corrected chi connectivity index (χ1v) is 37.8. The largest absolute Gasteiger partial charge is 0.447 e. The molecule has 0 heterocycles. The van der Waals surface area contributed by atoms with Crippen molar-refractivity contribution in [1.82, 2.24) is 21.3 Å². The number of hydrogen-bond acceptors (Lipinski definition) is 27. The molecule has 0 saturated heterocycles. The number of anilines is 4. The molecule has 568 valence electrons. The molecule has 32 nitrogen and oxygen atoms in total. The number of halogens is 2. The summed E-state index contributed by atoms with van der Waals surface area (Å²) in [5, 5.41) is 21.3. The first-order valence-electron chi connectivity index (χ1n) is 31.9. The molecule has 0 aromatic heterocycles. The number of nitrogens with one attached hydrogen (secondary N) is 8. The zero-order valence-electron chi connectivity index (χ0n) is 57.5. The standard InChI is InChI=1S/C36H58N4O14S2.C18H24I2N4O6.C9H18O4S/c1-4-47-15-16-54-36(46)38-6-5-37-35(45)30-21-31(39-33(43)26-55-19-17-50-9-7-48-11-13-52-24-28(2)41)23-32(22-30)40-34(44)27-56-20-18-51-10-8-49-12-14-53-25-29(3)42;1-2-29-5-6-30-18(28)22-4-3-21-17(27)12-7-13(23-15(25)10-19)9-14(8-12)24-16(26)11-20;1-9(10)8-13-5-4-11-2-3-12-6-7-14/h21-23H,4-20,24-27H2,1-3H3,(H,37,45)(H,38,46)(H,39,43)(H,40,44);7-9H,2-6,10-11H2,1H3,(H,21,27)(H,22,28)(H,23,25)(H,24,26);14H,2-8H2,1H3. The number of ketones is 3. The van der Waals surface area contributed by atoms with E-state index in [1.807, 2.05) is 59.0 Å². The lowest BCUT2D eigenvalue weighted by Gasteiger charge is -2.13. The zero-order valence-corrected chi connectivity index (χ0v) is 64.4. The number of benzene rings is 2. The van der Waals surface area contributed by atoms with Gasteiger partial charge in [0.05, 0.1) is 133 Å². The Morgan fingerprint density at radius 1 is 0.360 bits per heavy atom. The Hall–Kier alpha value is -5.12. The van der Waals surface area contributed by atoms with E-state index in [0.29, 0.717) is 153 Å². The van der Waals surface area contributed by atoms with E-state index in [2.05, 4.69) is 55.2 Å². The Kier molecular flexibility index (Phi) is 63.6. The molecule has 2 rings (SSSR count). The highest BCUT2D eigenvalue weighted by Crippen LogP contribution is 2.22. The molecule has 0 unspecified atom stereocenters. The number of thiol groups is 1. The molecule has 8 amide bonds. The number of amides is 8. The molecule has 2 aromatic rings. The Morgan fingerprint density at radius 3 is 0.940 bits per heavy atom.